The van der Waals surface area contributed by atoms with Crippen molar-refractivity contribution in [2.75, 3.05) is 61.9 Å². The molecule has 2 aromatic carbocycles. The highest BCUT2D eigenvalue weighted by Gasteiger charge is 2.34. The summed E-state index contributed by atoms with van der Waals surface area (Å²) in [6.07, 6.45) is 0.843. The number of nitrogen functional groups attached to an aromatic ring is 1. The number of anilines is 3. The van der Waals surface area contributed by atoms with E-state index in [0.717, 1.165) is 43.2 Å². The summed E-state index contributed by atoms with van der Waals surface area (Å²) in [5, 5.41) is 4.27. The molecule has 1 fully saturated rings. The zero-order chi connectivity index (χ0) is 25.2. The van der Waals surface area contributed by atoms with Gasteiger partial charge >= 0.3 is 0 Å². The number of ether oxygens (including phenoxy) is 1. The van der Waals surface area contributed by atoms with Crippen molar-refractivity contribution in [3.8, 4) is 5.75 Å². The van der Waals surface area contributed by atoms with Gasteiger partial charge in [-0.05, 0) is 49.7 Å². The molecule has 0 atom stereocenters. The van der Waals surface area contributed by atoms with Gasteiger partial charge in [0.05, 0.1) is 7.11 Å². The van der Waals surface area contributed by atoms with Gasteiger partial charge in [0.2, 0.25) is 5.91 Å². The Bertz CT molecular complexity index is 1240. The summed E-state index contributed by atoms with van der Waals surface area (Å²) in [4.78, 5) is 32.9. The van der Waals surface area contributed by atoms with E-state index in [0.29, 0.717) is 30.8 Å². The highest BCUT2D eigenvalue weighted by Crippen LogP contribution is 2.28. The first-order valence-electron chi connectivity index (χ1n) is 12.3. The number of piperazine rings is 1. The fourth-order valence-corrected chi connectivity index (χ4v) is 4.92. The van der Waals surface area contributed by atoms with E-state index in [2.05, 4.69) is 27.0 Å². The van der Waals surface area contributed by atoms with Crippen molar-refractivity contribution < 1.29 is 14.3 Å². The molecule has 1 amide bonds. The average molecular weight is 489 g/mol. The zero-order valence-electron chi connectivity index (χ0n) is 20.8. The Labute approximate surface area is 211 Å². The van der Waals surface area contributed by atoms with Gasteiger partial charge < -0.3 is 20.3 Å². The van der Waals surface area contributed by atoms with Gasteiger partial charge in [0.1, 0.15) is 17.3 Å². The van der Waals surface area contributed by atoms with Crippen molar-refractivity contribution >= 4 is 29.0 Å². The van der Waals surface area contributed by atoms with Gasteiger partial charge in [-0.15, -0.1) is 5.10 Å². The van der Waals surface area contributed by atoms with Crippen LogP contribution in [0, 0.1) is 6.92 Å². The number of benzene rings is 2. The molecule has 0 aliphatic carbocycles. The lowest BCUT2D eigenvalue weighted by molar-refractivity contribution is 0.0840. The van der Waals surface area contributed by atoms with E-state index >= 15 is 0 Å². The normalized spacial score (nSPS) is 16.2. The molecule has 5 rings (SSSR count). The molecular formula is C27H32N6O3. The Hall–Kier alpha value is -3.85. The third kappa shape index (κ3) is 4.66. The molecule has 1 saturated heterocycles. The second kappa shape index (κ2) is 10.0. The Morgan fingerprint density at radius 2 is 1.64 bits per heavy atom. The lowest BCUT2D eigenvalue weighted by Gasteiger charge is -2.36. The summed E-state index contributed by atoms with van der Waals surface area (Å²) in [5.74, 6) is 0.673. The van der Waals surface area contributed by atoms with Crippen LogP contribution < -0.4 is 20.3 Å². The third-order valence-electron chi connectivity index (χ3n) is 7.08. The maximum atomic E-state index is 13.4. The molecule has 188 valence electrons. The van der Waals surface area contributed by atoms with Crippen molar-refractivity contribution in [2.45, 2.75) is 19.8 Å². The number of aryl methyl sites for hydroxylation is 1. The minimum Gasteiger partial charge on any atom is -0.497 e. The summed E-state index contributed by atoms with van der Waals surface area (Å²) in [7, 11) is 1.67. The molecule has 0 bridgehead atoms. The highest BCUT2D eigenvalue weighted by molar-refractivity contribution is 6.09. The molecule has 0 spiro atoms. The molecule has 2 aliphatic rings. The predicted octanol–water partition coefficient (Wildman–Crippen LogP) is 2.84. The van der Waals surface area contributed by atoms with Crippen LogP contribution in [0.2, 0.25) is 0 Å². The number of rotatable bonds is 6. The van der Waals surface area contributed by atoms with E-state index < -0.39 is 0 Å². The fourth-order valence-electron chi connectivity index (χ4n) is 4.92. The van der Waals surface area contributed by atoms with Gasteiger partial charge in [0.25, 0.3) is 5.91 Å². The molecular weight excluding hydrogens is 456 g/mol. The summed E-state index contributed by atoms with van der Waals surface area (Å²) in [6.45, 7) is 6.62. The standard InChI is InChI=1S/C27H32N6O3/c1-19-3-5-21(6-4-19)32-14-11-23-25(27(32)35)33(29-26(23)28)24(34)12-13-30-15-17-31(18-16-30)20-7-9-22(36-2)10-8-20/h3-10H,11-18H2,1-2H3,(H2,28,29). The van der Waals surface area contributed by atoms with E-state index in [-0.39, 0.29) is 24.1 Å². The highest BCUT2D eigenvalue weighted by atomic mass is 16.5. The van der Waals surface area contributed by atoms with Crippen molar-refractivity contribution in [3.63, 3.8) is 0 Å². The lowest BCUT2D eigenvalue weighted by Crippen LogP contribution is -2.47. The van der Waals surface area contributed by atoms with E-state index in [4.69, 9.17) is 10.5 Å². The quantitative estimate of drug-likeness (QED) is 0.570. The minimum atomic E-state index is -0.231. The van der Waals surface area contributed by atoms with Gasteiger partial charge in [-0.3, -0.25) is 14.5 Å². The Balaban J connectivity index is 1.21. The zero-order valence-corrected chi connectivity index (χ0v) is 20.8. The molecule has 0 unspecified atom stereocenters. The van der Waals surface area contributed by atoms with Crippen molar-refractivity contribution in [2.24, 2.45) is 0 Å². The number of aromatic nitrogens is 2. The van der Waals surface area contributed by atoms with Crippen LogP contribution in [0.3, 0.4) is 0 Å². The average Bonchev–Trinajstić information content (AvgIpc) is 3.26. The van der Waals surface area contributed by atoms with Gasteiger partial charge in [-0.25, -0.2) is 0 Å². The van der Waals surface area contributed by atoms with E-state index in [1.807, 2.05) is 43.3 Å². The largest absolute Gasteiger partial charge is 0.497 e. The van der Waals surface area contributed by atoms with E-state index in [1.54, 1.807) is 12.0 Å². The van der Waals surface area contributed by atoms with Crippen LogP contribution in [0.15, 0.2) is 48.5 Å². The molecule has 36 heavy (non-hydrogen) atoms. The molecule has 3 heterocycles. The van der Waals surface area contributed by atoms with Crippen LogP contribution >= 0.6 is 0 Å². The van der Waals surface area contributed by atoms with Crippen molar-refractivity contribution in [1.82, 2.24) is 14.7 Å². The fraction of sp³-hybridized carbons (Fsp3) is 0.370. The number of fused-ring (bicyclic) bond motifs is 1. The topological polar surface area (TPSA) is 96.9 Å². The summed E-state index contributed by atoms with van der Waals surface area (Å²) < 4.78 is 6.48. The molecule has 2 aliphatic heterocycles. The number of methoxy groups -OCH3 is 1. The number of nitrogens with two attached hydrogens (primary N) is 1. The first-order chi connectivity index (χ1) is 17.4. The lowest BCUT2D eigenvalue weighted by atomic mass is 10.0. The Morgan fingerprint density at radius 3 is 2.31 bits per heavy atom. The van der Waals surface area contributed by atoms with E-state index in [9.17, 15) is 9.59 Å². The van der Waals surface area contributed by atoms with Crippen LogP contribution in [0.4, 0.5) is 17.2 Å². The maximum Gasteiger partial charge on any atom is 0.277 e. The van der Waals surface area contributed by atoms with Crippen LogP contribution in [-0.2, 0) is 6.42 Å². The SMILES string of the molecule is COc1ccc(N2CCN(CCC(=O)n3nc(N)c4c3C(=O)N(c3ccc(C)cc3)CC4)CC2)cc1. The molecule has 2 N–H and O–H groups in total. The third-order valence-corrected chi connectivity index (χ3v) is 7.08. The number of carbonyl (C=O) groups is 2. The number of amides is 1. The Kier molecular flexibility index (Phi) is 6.65. The molecule has 1 aromatic heterocycles. The van der Waals surface area contributed by atoms with Crippen LogP contribution in [0.5, 0.6) is 5.75 Å². The second-order valence-corrected chi connectivity index (χ2v) is 9.34. The van der Waals surface area contributed by atoms with Crippen molar-refractivity contribution in [1.29, 1.82) is 0 Å². The second-order valence-electron chi connectivity index (χ2n) is 9.34. The summed E-state index contributed by atoms with van der Waals surface area (Å²) in [5.41, 5.74) is 10.2. The van der Waals surface area contributed by atoms with E-state index in [1.165, 1.54) is 10.4 Å². The molecule has 0 radical (unpaired) electrons. The van der Waals surface area contributed by atoms with Gasteiger partial charge in [-0.1, -0.05) is 17.7 Å². The van der Waals surface area contributed by atoms with Crippen LogP contribution in [0.1, 0.15) is 32.8 Å². The molecule has 3 aromatic rings. The number of hydrogen-bond donors (Lipinski definition) is 1. The molecule has 0 saturated carbocycles. The van der Waals surface area contributed by atoms with Gasteiger partial charge in [-0.2, -0.15) is 4.68 Å². The maximum absolute atomic E-state index is 13.4. The molecule has 9 nitrogen and oxygen atoms in total. The van der Waals surface area contributed by atoms with Crippen LogP contribution in [-0.4, -0.2) is 72.9 Å². The Morgan fingerprint density at radius 1 is 0.972 bits per heavy atom. The number of hydrogen-bond acceptors (Lipinski definition) is 7. The van der Waals surface area contributed by atoms with Crippen molar-refractivity contribution in [3.05, 3.63) is 65.4 Å². The first-order valence-corrected chi connectivity index (χ1v) is 12.3. The van der Waals surface area contributed by atoms with Gasteiger partial charge in [0.15, 0.2) is 0 Å². The summed E-state index contributed by atoms with van der Waals surface area (Å²) >= 11 is 0. The summed E-state index contributed by atoms with van der Waals surface area (Å²) in [6, 6.07) is 15.9. The monoisotopic (exact) mass is 488 g/mol. The first kappa shape index (κ1) is 23.9. The van der Waals surface area contributed by atoms with Gasteiger partial charge in [0, 0.05) is 62.6 Å². The minimum absolute atomic E-state index is 0.209. The molecule has 9 heteroatoms. The number of nitrogens with zero attached hydrogens (tertiary/aromatic N) is 5. The predicted molar refractivity (Wildman–Crippen MR) is 140 cm³/mol. The number of carbonyl (C=O) groups excluding carboxylic acids is 2. The van der Waals surface area contributed by atoms with Crippen LogP contribution in [0.25, 0.3) is 0 Å². The smallest absolute Gasteiger partial charge is 0.277 e.